The second-order valence-corrected chi connectivity index (χ2v) is 5.99. The zero-order valence-electron chi connectivity index (χ0n) is 13.5. The monoisotopic (exact) mass is 292 g/mol. The van der Waals surface area contributed by atoms with Crippen molar-refractivity contribution in [3.05, 3.63) is 29.8 Å². The molecule has 1 saturated heterocycles. The van der Waals surface area contributed by atoms with Crippen LogP contribution in [0.5, 0.6) is 5.75 Å². The molecule has 1 aliphatic heterocycles. The average molecular weight is 292 g/mol. The Bertz CT molecular complexity index is 435. The van der Waals surface area contributed by atoms with Gasteiger partial charge in [-0.2, -0.15) is 0 Å². The van der Waals surface area contributed by atoms with Gasteiger partial charge in [0.05, 0.1) is 13.2 Å². The zero-order valence-corrected chi connectivity index (χ0v) is 13.5. The molecule has 0 radical (unpaired) electrons. The summed E-state index contributed by atoms with van der Waals surface area (Å²) in [4.78, 5) is 2.40. The molecule has 0 aliphatic carbocycles. The first kappa shape index (κ1) is 16.3. The van der Waals surface area contributed by atoms with E-state index in [4.69, 9.17) is 15.2 Å². The van der Waals surface area contributed by atoms with E-state index in [2.05, 4.69) is 31.0 Å². The minimum absolute atomic E-state index is 0.0544. The predicted octanol–water partition coefficient (Wildman–Crippen LogP) is 2.41. The first-order valence-electron chi connectivity index (χ1n) is 7.79. The van der Waals surface area contributed by atoms with Gasteiger partial charge in [-0.15, -0.1) is 0 Å². The number of hydrogen-bond donors (Lipinski definition) is 1. The lowest BCUT2D eigenvalue weighted by atomic mass is 9.84. The second-order valence-electron chi connectivity index (χ2n) is 5.99. The van der Waals surface area contributed by atoms with E-state index >= 15 is 0 Å². The lowest BCUT2D eigenvalue weighted by Gasteiger charge is -2.46. The molecule has 2 unspecified atom stereocenters. The minimum atomic E-state index is 0.0544. The van der Waals surface area contributed by atoms with Crippen molar-refractivity contribution in [1.82, 2.24) is 4.90 Å². The Labute approximate surface area is 128 Å². The highest BCUT2D eigenvalue weighted by molar-refractivity contribution is 5.27. The fourth-order valence-electron chi connectivity index (χ4n) is 3.12. The molecule has 4 heteroatoms. The van der Waals surface area contributed by atoms with Crippen molar-refractivity contribution in [3.63, 3.8) is 0 Å². The number of likely N-dealkylation sites (N-methyl/N-ethyl adjacent to an activating group) is 1. The number of rotatable bonds is 6. The quantitative estimate of drug-likeness (QED) is 0.875. The Balaban J connectivity index is 2.06. The highest BCUT2D eigenvalue weighted by Gasteiger charge is 2.38. The van der Waals surface area contributed by atoms with E-state index in [-0.39, 0.29) is 5.54 Å². The van der Waals surface area contributed by atoms with Crippen LogP contribution in [0, 0.1) is 0 Å². The van der Waals surface area contributed by atoms with Crippen molar-refractivity contribution in [3.8, 4) is 5.75 Å². The molecule has 118 valence electrons. The second kappa shape index (κ2) is 7.25. The van der Waals surface area contributed by atoms with Gasteiger partial charge in [-0.05, 0) is 44.0 Å². The van der Waals surface area contributed by atoms with Crippen LogP contribution >= 0.6 is 0 Å². The molecular weight excluding hydrogens is 264 g/mol. The fraction of sp³-hybridized carbons (Fsp3) is 0.647. The first-order valence-corrected chi connectivity index (χ1v) is 7.79. The number of nitrogens with two attached hydrogens (primary N) is 1. The van der Waals surface area contributed by atoms with E-state index in [1.807, 2.05) is 12.1 Å². The summed E-state index contributed by atoms with van der Waals surface area (Å²) in [6, 6.07) is 8.26. The van der Waals surface area contributed by atoms with Crippen molar-refractivity contribution < 1.29 is 9.47 Å². The number of ether oxygens (including phenoxy) is 2. The standard InChI is InChI=1S/C17H28N2O2/c1-4-15-11-17(13-18,9-10-21-15)19(2)12-14-5-7-16(20-3)8-6-14/h5-8,15H,4,9-13,18H2,1-3H3. The van der Waals surface area contributed by atoms with Gasteiger partial charge < -0.3 is 15.2 Å². The van der Waals surface area contributed by atoms with Crippen LogP contribution in [0.2, 0.25) is 0 Å². The molecule has 1 fully saturated rings. The molecule has 0 aromatic heterocycles. The van der Waals surface area contributed by atoms with E-state index in [1.54, 1.807) is 7.11 Å². The Morgan fingerprint density at radius 2 is 2.10 bits per heavy atom. The van der Waals surface area contributed by atoms with Gasteiger partial charge in [0.1, 0.15) is 5.75 Å². The lowest BCUT2D eigenvalue weighted by Crippen LogP contribution is -2.56. The largest absolute Gasteiger partial charge is 0.497 e. The van der Waals surface area contributed by atoms with Crippen LogP contribution < -0.4 is 10.5 Å². The molecule has 0 saturated carbocycles. The molecule has 4 nitrogen and oxygen atoms in total. The Morgan fingerprint density at radius 1 is 1.38 bits per heavy atom. The molecule has 0 spiro atoms. The molecular formula is C17H28N2O2. The number of nitrogens with zero attached hydrogens (tertiary/aromatic N) is 1. The number of benzene rings is 1. The van der Waals surface area contributed by atoms with Crippen LogP contribution in [0.15, 0.2) is 24.3 Å². The number of hydrogen-bond acceptors (Lipinski definition) is 4. The predicted molar refractivity (Wildman–Crippen MR) is 85.5 cm³/mol. The molecule has 0 bridgehead atoms. The third-order valence-electron chi connectivity index (χ3n) is 4.75. The highest BCUT2D eigenvalue weighted by atomic mass is 16.5. The van der Waals surface area contributed by atoms with Crippen molar-refractivity contribution in [2.24, 2.45) is 5.73 Å². The average Bonchev–Trinajstić information content (AvgIpc) is 2.55. The van der Waals surface area contributed by atoms with Crippen molar-refractivity contribution >= 4 is 0 Å². The van der Waals surface area contributed by atoms with E-state index in [0.717, 1.165) is 38.2 Å². The topological polar surface area (TPSA) is 47.7 Å². The van der Waals surface area contributed by atoms with E-state index < -0.39 is 0 Å². The van der Waals surface area contributed by atoms with Gasteiger partial charge in [0.25, 0.3) is 0 Å². The summed E-state index contributed by atoms with van der Waals surface area (Å²) in [6.07, 6.45) is 3.41. The summed E-state index contributed by atoms with van der Waals surface area (Å²) < 4.78 is 11.0. The van der Waals surface area contributed by atoms with Crippen molar-refractivity contribution in [2.45, 2.75) is 44.4 Å². The molecule has 21 heavy (non-hydrogen) atoms. The molecule has 1 aliphatic rings. The van der Waals surface area contributed by atoms with E-state index in [9.17, 15) is 0 Å². The Morgan fingerprint density at radius 3 is 2.67 bits per heavy atom. The Kier molecular flexibility index (Phi) is 5.62. The third-order valence-corrected chi connectivity index (χ3v) is 4.75. The van der Waals surface area contributed by atoms with E-state index in [1.165, 1.54) is 5.56 Å². The number of methoxy groups -OCH3 is 1. The summed E-state index contributed by atoms with van der Waals surface area (Å²) in [5.41, 5.74) is 7.48. The normalized spacial score (nSPS) is 26.0. The highest BCUT2D eigenvalue weighted by Crippen LogP contribution is 2.31. The summed E-state index contributed by atoms with van der Waals surface area (Å²) in [5.74, 6) is 0.895. The van der Waals surface area contributed by atoms with Crippen molar-refractivity contribution in [1.29, 1.82) is 0 Å². The zero-order chi connectivity index (χ0) is 15.3. The van der Waals surface area contributed by atoms with Gasteiger partial charge >= 0.3 is 0 Å². The van der Waals surface area contributed by atoms with Crippen LogP contribution in [0.3, 0.4) is 0 Å². The van der Waals surface area contributed by atoms with Crippen LogP contribution in [-0.2, 0) is 11.3 Å². The molecule has 0 amide bonds. The molecule has 2 N–H and O–H groups in total. The third kappa shape index (κ3) is 3.76. The maximum atomic E-state index is 6.14. The summed E-state index contributed by atoms with van der Waals surface area (Å²) >= 11 is 0. The maximum Gasteiger partial charge on any atom is 0.118 e. The van der Waals surface area contributed by atoms with Crippen LogP contribution in [0.1, 0.15) is 31.7 Å². The molecule has 1 aromatic carbocycles. The minimum Gasteiger partial charge on any atom is -0.497 e. The van der Waals surface area contributed by atoms with Gasteiger partial charge in [0.2, 0.25) is 0 Å². The van der Waals surface area contributed by atoms with Gasteiger partial charge in [0, 0.05) is 25.2 Å². The van der Waals surface area contributed by atoms with Gasteiger partial charge in [-0.3, -0.25) is 4.90 Å². The molecule has 2 rings (SSSR count). The smallest absolute Gasteiger partial charge is 0.118 e. The van der Waals surface area contributed by atoms with Crippen LogP contribution in [0.25, 0.3) is 0 Å². The van der Waals surface area contributed by atoms with Crippen LogP contribution in [-0.4, -0.2) is 43.9 Å². The van der Waals surface area contributed by atoms with Crippen LogP contribution in [0.4, 0.5) is 0 Å². The molecule has 1 aromatic rings. The van der Waals surface area contributed by atoms with Gasteiger partial charge in [0.15, 0.2) is 0 Å². The summed E-state index contributed by atoms with van der Waals surface area (Å²) in [6.45, 7) is 4.57. The molecule has 2 atom stereocenters. The Hall–Kier alpha value is -1.10. The first-order chi connectivity index (χ1) is 10.1. The van der Waals surface area contributed by atoms with E-state index in [0.29, 0.717) is 12.6 Å². The maximum absolute atomic E-state index is 6.14. The summed E-state index contributed by atoms with van der Waals surface area (Å²) in [7, 11) is 3.87. The van der Waals surface area contributed by atoms with Gasteiger partial charge in [-0.25, -0.2) is 0 Å². The lowest BCUT2D eigenvalue weighted by molar-refractivity contribution is -0.0671. The summed E-state index contributed by atoms with van der Waals surface area (Å²) in [5, 5.41) is 0. The molecule has 1 heterocycles. The SMILES string of the molecule is CCC1CC(CN)(N(C)Cc2ccc(OC)cc2)CCO1. The fourth-order valence-corrected chi connectivity index (χ4v) is 3.12. The van der Waals surface area contributed by atoms with Gasteiger partial charge in [-0.1, -0.05) is 19.1 Å². The van der Waals surface area contributed by atoms with Crippen molar-refractivity contribution in [2.75, 3.05) is 27.3 Å².